The number of rotatable bonds is 5. The Morgan fingerprint density at radius 1 is 1.14 bits per heavy atom. The Bertz CT molecular complexity index is 464. The number of ketones is 1. The number of alkyl halides is 1. The van der Waals surface area contributed by atoms with E-state index in [9.17, 15) is 9.59 Å². The van der Waals surface area contributed by atoms with Crippen LogP contribution in [0.15, 0.2) is 30.3 Å². The summed E-state index contributed by atoms with van der Waals surface area (Å²) in [4.78, 5) is 23.5. The van der Waals surface area contributed by atoms with E-state index in [-0.39, 0.29) is 55.6 Å². The summed E-state index contributed by atoms with van der Waals surface area (Å²) in [6.07, 6.45) is 4.10. The van der Waals surface area contributed by atoms with Crippen LogP contribution in [0.5, 0.6) is 0 Å². The Kier molecular flexibility index (Phi) is 8.88. The normalized spacial score (nSPS) is 21.2. The number of ether oxygens (including phenoxy) is 1. The van der Waals surface area contributed by atoms with E-state index >= 15 is 0 Å². The van der Waals surface area contributed by atoms with Gasteiger partial charge in [-0.25, -0.2) is 4.79 Å². The Hall–Kier alpha value is -0.0903. The Labute approximate surface area is 160 Å². The van der Waals surface area contributed by atoms with Crippen LogP contribution in [0.4, 0.5) is 0 Å². The summed E-state index contributed by atoms with van der Waals surface area (Å²) in [7, 11) is 0. The van der Waals surface area contributed by atoms with Gasteiger partial charge in [-0.3, -0.25) is 4.79 Å². The zero-order chi connectivity index (χ0) is 14.4. The van der Waals surface area contributed by atoms with Crippen LogP contribution in [0, 0.1) is 0 Å². The number of benzene rings is 1. The first-order valence-electron chi connectivity index (χ1n) is 7.08. The molecular weight excluding hydrogens is 316 g/mol. The maximum atomic E-state index is 11.8. The van der Waals surface area contributed by atoms with Crippen LogP contribution < -0.4 is 0 Å². The average molecular weight is 335 g/mol. The van der Waals surface area contributed by atoms with Crippen molar-refractivity contribution in [3.8, 4) is 0 Å². The van der Waals surface area contributed by atoms with E-state index in [1.807, 2.05) is 30.3 Å². The Morgan fingerprint density at radius 2 is 1.81 bits per heavy atom. The standard InChI is InChI=1S/C16H19ClO3.Ca/c17-13-8-4-5-9-15(13)20-16(19)14(18)11-10-12-6-2-1-3-7-12;/h1-3,6-7,13,15H,4-5,8-11H2;. The van der Waals surface area contributed by atoms with Crippen LogP contribution in [0.25, 0.3) is 0 Å². The minimum atomic E-state index is -0.738. The molecule has 0 heterocycles. The molecule has 5 heteroatoms. The molecule has 1 aliphatic carbocycles. The largest absolute Gasteiger partial charge is 0.455 e. The predicted octanol–water partition coefficient (Wildman–Crippen LogP) is 2.90. The van der Waals surface area contributed by atoms with E-state index in [0.29, 0.717) is 6.42 Å². The molecule has 21 heavy (non-hydrogen) atoms. The summed E-state index contributed by atoms with van der Waals surface area (Å²) in [5.74, 6) is -1.21. The molecule has 2 rings (SSSR count). The molecule has 0 aromatic heterocycles. The van der Waals surface area contributed by atoms with Gasteiger partial charge < -0.3 is 4.74 Å². The first-order chi connectivity index (χ1) is 9.66. The van der Waals surface area contributed by atoms with Crippen molar-refractivity contribution in [2.45, 2.75) is 50.0 Å². The summed E-state index contributed by atoms with van der Waals surface area (Å²) in [5.41, 5.74) is 1.04. The van der Waals surface area contributed by atoms with Crippen molar-refractivity contribution < 1.29 is 14.3 Å². The quantitative estimate of drug-likeness (QED) is 0.360. The zero-order valence-corrected chi connectivity index (χ0v) is 15.1. The van der Waals surface area contributed by atoms with E-state index < -0.39 is 11.8 Å². The zero-order valence-electron chi connectivity index (χ0n) is 12.1. The molecule has 110 valence electrons. The van der Waals surface area contributed by atoms with Crippen molar-refractivity contribution >= 4 is 61.1 Å². The number of halogens is 1. The second-order valence-corrected chi connectivity index (χ2v) is 5.71. The fraction of sp³-hybridized carbons (Fsp3) is 0.500. The molecule has 2 unspecified atom stereocenters. The summed E-state index contributed by atoms with van der Waals surface area (Å²) in [6, 6.07) is 9.63. The van der Waals surface area contributed by atoms with Gasteiger partial charge in [0, 0.05) is 44.2 Å². The van der Waals surface area contributed by atoms with E-state index in [1.165, 1.54) is 0 Å². The fourth-order valence-electron chi connectivity index (χ4n) is 2.39. The molecule has 3 nitrogen and oxygen atoms in total. The van der Waals surface area contributed by atoms with Crippen LogP contribution in [0.1, 0.15) is 37.7 Å². The number of hydrogen-bond acceptors (Lipinski definition) is 3. The molecule has 1 fully saturated rings. The predicted molar refractivity (Wildman–Crippen MR) is 83.5 cm³/mol. The van der Waals surface area contributed by atoms with Crippen molar-refractivity contribution in [2.75, 3.05) is 0 Å². The van der Waals surface area contributed by atoms with Crippen molar-refractivity contribution in [3.05, 3.63) is 35.9 Å². The van der Waals surface area contributed by atoms with Crippen molar-refractivity contribution in [1.82, 2.24) is 0 Å². The topological polar surface area (TPSA) is 43.4 Å². The van der Waals surface area contributed by atoms with E-state index in [1.54, 1.807) is 0 Å². The molecule has 1 aromatic rings. The number of esters is 1. The van der Waals surface area contributed by atoms with Gasteiger partial charge in [-0.15, -0.1) is 11.6 Å². The number of aryl methyl sites for hydroxylation is 1. The van der Waals surface area contributed by atoms with Gasteiger partial charge in [-0.2, -0.15) is 0 Å². The van der Waals surface area contributed by atoms with E-state index in [4.69, 9.17) is 16.3 Å². The number of hydrogen-bond donors (Lipinski definition) is 0. The first kappa shape index (κ1) is 19.0. The molecule has 1 saturated carbocycles. The van der Waals surface area contributed by atoms with Gasteiger partial charge in [0.05, 0.1) is 5.38 Å². The minimum absolute atomic E-state index is 0. The molecule has 0 bridgehead atoms. The monoisotopic (exact) mass is 334 g/mol. The van der Waals surface area contributed by atoms with Crippen molar-refractivity contribution in [2.24, 2.45) is 0 Å². The second-order valence-electron chi connectivity index (χ2n) is 5.15. The van der Waals surface area contributed by atoms with Crippen molar-refractivity contribution in [3.63, 3.8) is 0 Å². The van der Waals surface area contributed by atoms with Gasteiger partial charge in [-0.1, -0.05) is 36.8 Å². The van der Waals surface area contributed by atoms with Gasteiger partial charge in [0.1, 0.15) is 6.10 Å². The third kappa shape index (κ3) is 6.27. The average Bonchev–Trinajstić information content (AvgIpc) is 2.48. The molecule has 0 aliphatic heterocycles. The van der Waals surface area contributed by atoms with Gasteiger partial charge in [0.15, 0.2) is 0 Å². The molecular formula is C16H19CaClO3. The molecule has 2 atom stereocenters. The van der Waals surface area contributed by atoms with Gasteiger partial charge in [0.25, 0.3) is 0 Å². The van der Waals surface area contributed by atoms with Crippen LogP contribution in [-0.4, -0.2) is 61.0 Å². The Morgan fingerprint density at radius 3 is 2.48 bits per heavy atom. The molecule has 0 saturated heterocycles. The van der Waals surface area contributed by atoms with Crippen molar-refractivity contribution in [1.29, 1.82) is 0 Å². The van der Waals surface area contributed by atoms with Crippen LogP contribution in [0.3, 0.4) is 0 Å². The second kappa shape index (κ2) is 9.83. The summed E-state index contributed by atoms with van der Waals surface area (Å²) >= 11 is 6.12. The Balaban J connectivity index is 0.00000220. The van der Waals surface area contributed by atoms with E-state index in [2.05, 4.69) is 0 Å². The fourth-order valence-corrected chi connectivity index (χ4v) is 2.72. The van der Waals surface area contributed by atoms with Gasteiger partial charge in [0.2, 0.25) is 5.78 Å². The van der Waals surface area contributed by atoms with Gasteiger partial charge >= 0.3 is 5.97 Å². The van der Waals surface area contributed by atoms with Crippen LogP contribution >= 0.6 is 11.6 Å². The minimum Gasteiger partial charge on any atom is -0.455 e. The third-order valence-corrected chi connectivity index (χ3v) is 4.09. The molecule has 0 amide bonds. The maximum absolute atomic E-state index is 11.8. The molecule has 2 radical (unpaired) electrons. The molecule has 1 aliphatic rings. The number of Topliss-reactive ketones (excluding diaryl/α,β-unsaturated/α-hetero) is 1. The first-order valence-corrected chi connectivity index (χ1v) is 7.52. The van der Waals surface area contributed by atoms with Crippen LogP contribution in [-0.2, 0) is 20.7 Å². The molecule has 0 spiro atoms. The number of carbonyl (C=O) groups is 2. The molecule has 1 aromatic carbocycles. The third-order valence-electron chi connectivity index (χ3n) is 3.59. The van der Waals surface area contributed by atoms with Crippen LogP contribution in [0.2, 0.25) is 0 Å². The molecule has 0 N–H and O–H groups in total. The summed E-state index contributed by atoms with van der Waals surface area (Å²) < 4.78 is 5.23. The van der Waals surface area contributed by atoms with Gasteiger partial charge in [-0.05, 0) is 31.2 Å². The summed E-state index contributed by atoms with van der Waals surface area (Å²) in [6.45, 7) is 0. The SMILES string of the molecule is O=C(CCc1ccccc1)C(=O)OC1CCCCC1Cl.[Ca]. The van der Waals surface area contributed by atoms with E-state index in [0.717, 1.165) is 31.2 Å². The summed E-state index contributed by atoms with van der Waals surface area (Å²) in [5, 5.41) is -0.158. The smallest absolute Gasteiger partial charge is 0.374 e. The number of carbonyl (C=O) groups excluding carboxylic acids is 2. The maximum Gasteiger partial charge on any atom is 0.374 e.